The Kier molecular flexibility index (Phi) is 4.30. The number of carbonyl (C=O) groups excluding carboxylic acids is 2. The first kappa shape index (κ1) is 17.8. The molecule has 4 rings (SSSR count). The Balaban J connectivity index is 1.47. The summed E-state index contributed by atoms with van der Waals surface area (Å²) in [6.07, 6.45) is 4.70. The van der Waals surface area contributed by atoms with Gasteiger partial charge in [-0.3, -0.25) is 9.59 Å². The molecule has 2 fully saturated rings. The summed E-state index contributed by atoms with van der Waals surface area (Å²) < 4.78 is 11.3. The molecule has 1 aliphatic heterocycles. The topological polar surface area (TPSA) is 71.8 Å². The van der Waals surface area contributed by atoms with Gasteiger partial charge in [-0.1, -0.05) is 29.8 Å². The fourth-order valence-corrected chi connectivity index (χ4v) is 4.03. The molecule has 2 aromatic rings. The lowest BCUT2D eigenvalue weighted by atomic mass is 9.80. The first-order valence-electron chi connectivity index (χ1n) is 9.23. The number of rotatable bonds is 6. The van der Waals surface area contributed by atoms with Crippen molar-refractivity contribution in [3.63, 3.8) is 0 Å². The summed E-state index contributed by atoms with van der Waals surface area (Å²) in [5.74, 6) is -0.185. The molecule has 1 aromatic heterocycles. The van der Waals surface area contributed by atoms with Crippen molar-refractivity contribution in [3.05, 3.63) is 59.5 Å². The lowest BCUT2D eigenvalue weighted by Gasteiger charge is -2.54. The van der Waals surface area contributed by atoms with Crippen LogP contribution in [0.25, 0.3) is 0 Å². The lowest BCUT2D eigenvalue weighted by Crippen LogP contribution is -2.77. The average molecular weight is 368 g/mol. The number of likely N-dealkylation sites (tertiary alicyclic amines) is 1. The quantitative estimate of drug-likeness (QED) is 0.851. The van der Waals surface area contributed by atoms with Gasteiger partial charge >= 0.3 is 0 Å². The van der Waals surface area contributed by atoms with Crippen LogP contribution in [0.2, 0.25) is 0 Å². The van der Waals surface area contributed by atoms with E-state index in [4.69, 9.17) is 9.15 Å². The molecule has 2 amide bonds. The van der Waals surface area contributed by atoms with E-state index in [-0.39, 0.29) is 11.8 Å². The molecule has 0 radical (unpaired) electrons. The van der Waals surface area contributed by atoms with Gasteiger partial charge in [0.05, 0.1) is 24.0 Å². The van der Waals surface area contributed by atoms with E-state index < -0.39 is 11.1 Å². The normalized spacial score (nSPS) is 19.3. The SMILES string of the molecule is CC(=O)NC1(C2(OCc3cccc(C)c3)CC2)CN(C(=O)c2ccoc2)C1. The molecule has 1 aliphatic carbocycles. The van der Waals surface area contributed by atoms with Crippen LogP contribution >= 0.6 is 0 Å². The van der Waals surface area contributed by atoms with Gasteiger partial charge in [-0.2, -0.15) is 0 Å². The van der Waals surface area contributed by atoms with E-state index in [2.05, 4.69) is 24.4 Å². The van der Waals surface area contributed by atoms with Crippen molar-refractivity contribution in [2.24, 2.45) is 0 Å². The Morgan fingerprint density at radius 3 is 2.63 bits per heavy atom. The Morgan fingerprint density at radius 1 is 1.26 bits per heavy atom. The molecule has 27 heavy (non-hydrogen) atoms. The molecule has 2 heterocycles. The van der Waals surface area contributed by atoms with Crippen LogP contribution in [0.5, 0.6) is 0 Å². The van der Waals surface area contributed by atoms with E-state index in [9.17, 15) is 9.59 Å². The van der Waals surface area contributed by atoms with Crippen LogP contribution in [0.4, 0.5) is 0 Å². The zero-order valence-corrected chi connectivity index (χ0v) is 15.7. The lowest BCUT2D eigenvalue weighted by molar-refractivity contribution is -0.135. The summed E-state index contributed by atoms with van der Waals surface area (Å²) in [7, 11) is 0. The molecule has 0 unspecified atom stereocenters. The number of amides is 2. The minimum atomic E-state index is -0.526. The molecule has 0 atom stereocenters. The zero-order valence-electron chi connectivity index (χ0n) is 15.7. The molecule has 1 N–H and O–H groups in total. The highest BCUT2D eigenvalue weighted by Gasteiger charge is 2.67. The van der Waals surface area contributed by atoms with Gasteiger partial charge in [0.1, 0.15) is 11.8 Å². The number of hydrogen-bond donors (Lipinski definition) is 1. The molecule has 6 nitrogen and oxygen atoms in total. The summed E-state index contributed by atoms with van der Waals surface area (Å²) in [4.78, 5) is 26.1. The van der Waals surface area contributed by atoms with Gasteiger partial charge in [-0.25, -0.2) is 0 Å². The molecular weight excluding hydrogens is 344 g/mol. The van der Waals surface area contributed by atoms with Gasteiger partial charge < -0.3 is 19.4 Å². The average Bonchev–Trinajstić information content (AvgIpc) is 3.19. The van der Waals surface area contributed by atoms with Crippen LogP contribution in [-0.4, -0.2) is 40.9 Å². The van der Waals surface area contributed by atoms with Crippen molar-refractivity contribution in [3.8, 4) is 0 Å². The Morgan fingerprint density at radius 2 is 2.04 bits per heavy atom. The van der Waals surface area contributed by atoms with E-state index in [0.29, 0.717) is 25.3 Å². The van der Waals surface area contributed by atoms with E-state index in [1.54, 1.807) is 11.0 Å². The number of aryl methyl sites for hydroxylation is 1. The van der Waals surface area contributed by atoms with E-state index in [0.717, 1.165) is 18.4 Å². The Bertz CT molecular complexity index is 849. The summed E-state index contributed by atoms with van der Waals surface area (Å²) in [6.45, 7) is 4.97. The number of carbonyl (C=O) groups is 2. The van der Waals surface area contributed by atoms with Crippen molar-refractivity contribution < 1.29 is 18.7 Å². The minimum Gasteiger partial charge on any atom is -0.472 e. The van der Waals surface area contributed by atoms with Crippen molar-refractivity contribution >= 4 is 11.8 Å². The summed E-state index contributed by atoms with van der Waals surface area (Å²) in [5.41, 5.74) is 1.90. The molecule has 1 saturated heterocycles. The van der Waals surface area contributed by atoms with Gasteiger partial charge in [-0.05, 0) is 31.4 Å². The van der Waals surface area contributed by atoms with E-state index >= 15 is 0 Å². The Hall–Kier alpha value is -2.60. The predicted octanol–water partition coefficient (Wildman–Crippen LogP) is 2.67. The number of furan rings is 1. The third kappa shape index (κ3) is 3.25. The third-order valence-corrected chi connectivity index (χ3v) is 5.57. The second-order valence-electron chi connectivity index (χ2n) is 7.71. The predicted molar refractivity (Wildman–Crippen MR) is 99.1 cm³/mol. The minimum absolute atomic E-state index is 0.0841. The largest absolute Gasteiger partial charge is 0.472 e. The number of nitrogens with one attached hydrogen (secondary N) is 1. The van der Waals surface area contributed by atoms with Crippen molar-refractivity contribution in [2.45, 2.75) is 44.4 Å². The first-order chi connectivity index (χ1) is 12.9. The highest BCUT2D eigenvalue weighted by atomic mass is 16.5. The van der Waals surface area contributed by atoms with E-state index in [1.165, 1.54) is 25.0 Å². The molecule has 142 valence electrons. The molecular formula is C21H24N2O4. The van der Waals surface area contributed by atoms with Gasteiger partial charge in [0.25, 0.3) is 5.91 Å². The van der Waals surface area contributed by atoms with Crippen LogP contribution in [0.15, 0.2) is 47.3 Å². The fraction of sp³-hybridized carbons (Fsp3) is 0.429. The van der Waals surface area contributed by atoms with Gasteiger partial charge in [-0.15, -0.1) is 0 Å². The molecule has 1 aromatic carbocycles. The first-order valence-corrected chi connectivity index (χ1v) is 9.23. The summed E-state index contributed by atoms with van der Waals surface area (Å²) in [6, 6.07) is 9.88. The highest BCUT2D eigenvalue weighted by molar-refractivity contribution is 5.95. The van der Waals surface area contributed by atoms with Crippen molar-refractivity contribution in [1.82, 2.24) is 10.2 Å². The second-order valence-corrected chi connectivity index (χ2v) is 7.71. The van der Waals surface area contributed by atoms with Crippen LogP contribution in [0.3, 0.4) is 0 Å². The monoisotopic (exact) mass is 368 g/mol. The highest BCUT2D eigenvalue weighted by Crippen LogP contribution is 2.52. The second kappa shape index (κ2) is 6.53. The van der Waals surface area contributed by atoms with Crippen LogP contribution in [0.1, 0.15) is 41.3 Å². The van der Waals surface area contributed by atoms with Crippen LogP contribution in [-0.2, 0) is 16.1 Å². The smallest absolute Gasteiger partial charge is 0.257 e. The standard InChI is InChI=1S/C21H24N2O4/c1-15-4-3-5-17(10-15)11-27-21(7-8-21)20(22-16(2)24)13-23(14-20)19(25)18-6-9-26-12-18/h3-6,9-10,12H,7-8,11,13-14H2,1-2H3,(H,22,24). The van der Waals surface area contributed by atoms with Gasteiger partial charge in [0, 0.05) is 20.0 Å². The number of ether oxygens (including phenoxy) is 1. The number of benzene rings is 1. The molecule has 0 bridgehead atoms. The fourth-order valence-electron chi connectivity index (χ4n) is 4.03. The van der Waals surface area contributed by atoms with Crippen molar-refractivity contribution in [2.75, 3.05) is 13.1 Å². The maximum absolute atomic E-state index is 12.5. The van der Waals surface area contributed by atoms with Crippen LogP contribution in [0, 0.1) is 6.92 Å². The number of nitrogens with zero attached hydrogens (tertiary/aromatic N) is 1. The van der Waals surface area contributed by atoms with Gasteiger partial charge in [0.2, 0.25) is 5.91 Å². The Labute approximate surface area is 158 Å². The molecule has 2 aliphatic rings. The zero-order chi connectivity index (χ0) is 19.1. The van der Waals surface area contributed by atoms with Gasteiger partial charge in [0.15, 0.2) is 0 Å². The molecule has 1 saturated carbocycles. The summed E-state index contributed by atoms with van der Waals surface area (Å²) in [5, 5.41) is 3.09. The van der Waals surface area contributed by atoms with Crippen molar-refractivity contribution in [1.29, 1.82) is 0 Å². The maximum atomic E-state index is 12.5. The maximum Gasteiger partial charge on any atom is 0.257 e. The number of hydrogen-bond acceptors (Lipinski definition) is 4. The van der Waals surface area contributed by atoms with Crippen LogP contribution < -0.4 is 5.32 Å². The molecule has 0 spiro atoms. The van der Waals surface area contributed by atoms with E-state index in [1.807, 2.05) is 12.1 Å². The third-order valence-electron chi connectivity index (χ3n) is 5.57. The summed E-state index contributed by atoms with van der Waals surface area (Å²) >= 11 is 0. The molecule has 6 heteroatoms.